The van der Waals surface area contributed by atoms with Gasteiger partial charge in [-0.15, -0.1) is 0 Å². The molecular weight excluding hydrogens is 204 g/mol. The Labute approximate surface area is 84.4 Å². The minimum atomic E-state index is -3.45. The monoisotopic (exact) mass is 218 g/mol. The lowest BCUT2D eigenvalue weighted by Gasteiger charge is -2.04. The fraction of sp³-hybridized carbons (Fsp3) is 0.625. The van der Waals surface area contributed by atoms with Crippen molar-refractivity contribution < 1.29 is 13.2 Å². The Kier molecular flexibility index (Phi) is 6.12. The molecule has 14 heavy (non-hydrogen) atoms. The number of hydrogen-bond donors (Lipinski definition) is 1. The molecule has 6 heteroatoms. The maximum atomic E-state index is 10.9. The highest BCUT2D eigenvalue weighted by molar-refractivity contribution is 7.89. The van der Waals surface area contributed by atoms with Crippen molar-refractivity contribution in [1.29, 1.82) is 5.26 Å². The zero-order valence-corrected chi connectivity index (χ0v) is 8.93. The number of ether oxygens (including phenoxy) is 1. The fourth-order valence-electron chi connectivity index (χ4n) is 0.652. The van der Waals surface area contributed by atoms with Gasteiger partial charge in [-0.2, -0.15) is 5.26 Å². The molecule has 0 amide bonds. The van der Waals surface area contributed by atoms with Gasteiger partial charge in [0.1, 0.15) is 0 Å². The second kappa shape index (κ2) is 6.54. The van der Waals surface area contributed by atoms with Crippen LogP contribution in [0.3, 0.4) is 0 Å². The third kappa shape index (κ3) is 7.73. The number of hydrogen-bond acceptors (Lipinski definition) is 4. The molecule has 0 saturated heterocycles. The van der Waals surface area contributed by atoms with Gasteiger partial charge in [0, 0.05) is 6.54 Å². The molecule has 0 aliphatic rings. The van der Waals surface area contributed by atoms with E-state index in [0.717, 1.165) is 5.57 Å². The van der Waals surface area contributed by atoms with Gasteiger partial charge in [0.05, 0.1) is 19.3 Å². The zero-order chi connectivity index (χ0) is 11.0. The van der Waals surface area contributed by atoms with E-state index in [9.17, 15) is 8.42 Å². The Hall–Kier alpha value is -0.900. The Morgan fingerprint density at radius 1 is 1.64 bits per heavy atom. The van der Waals surface area contributed by atoms with Crippen LogP contribution in [-0.4, -0.2) is 33.9 Å². The minimum Gasteiger partial charge on any atom is -0.376 e. The third-order valence-corrected chi connectivity index (χ3v) is 2.32. The maximum absolute atomic E-state index is 10.9. The molecule has 0 aromatic rings. The van der Waals surface area contributed by atoms with E-state index in [4.69, 9.17) is 10.00 Å². The molecule has 0 heterocycles. The van der Waals surface area contributed by atoms with Gasteiger partial charge in [0.15, 0.2) is 5.75 Å². The molecule has 0 spiro atoms. The van der Waals surface area contributed by atoms with Crippen LogP contribution in [0.25, 0.3) is 0 Å². The Morgan fingerprint density at radius 3 is 2.79 bits per heavy atom. The largest absolute Gasteiger partial charge is 0.376 e. The molecule has 0 aromatic carbocycles. The lowest BCUT2D eigenvalue weighted by atomic mass is 10.4. The molecule has 1 N–H and O–H groups in total. The van der Waals surface area contributed by atoms with Gasteiger partial charge in [-0.25, -0.2) is 13.1 Å². The molecule has 80 valence electrons. The van der Waals surface area contributed by atoms with E-state index in [1.807, 2.05) is 6.92 Å². The molecule has 0 atom stereocenters. The van der Waals surface area contributed by atoms with Crippen LogP contribution in [0.2, 0.25) is 0 Å². The number of rotatable bonds is 7. The van der Waals surface area contributed by atoms with Gasteiger partial charge in [0.25, 0.3) is 0 Å². The molecule has 0 saturated carbocycles. The summed E-state index contributed by atoms with van der Waals surface area (Å²) in [5.74, 6) is -0.520. The first-order valence-electron chi connectivity index (χ1n) is 4.04. The van der Waals surface area contributed by atoms with Crippen molar-refractivity contribution >= 4 is 10.0 Å². The Bertz CT molecular complexity index is 316. The molecule has 0 aliphatic heterocycles. The van der Waals surface area contributed by atoms with Crippen molar-refractivity contribution in [2.75, 3.05) is 25.5 Å². The number of nitriles is 1. The number of nitrogens with one attached hydrogen (secondary N) is 1. The van der Waals surface area contributed by atoms with Crippen LogP contribution >= 0.6 is 0 Å². The van der Waals surface area contributed by atoms with Crippen LogP contribution in [0, 0.1) is 11.3 Å². The molecular formula is C8H14N2O3S. The van der Waals surface area contributed by atoms with Crippen LogP contribution in [0.4, 0.5) is 0 Å². The predicted octanol–water partition coefficient (Wildman–Crippen LogP) is 0.0221. The van der Waals surface area contributed by atoms with Crippen molar-refractivity contribution in [3.05, 3.63) is 12.2 Å². The highest BCUT2D eigenvalue weighted by Crippen LogP contribution is 1.87. The van der Waals surface area contributed by atoms with Crippen LogP contribution in [0.1, 0.15) is 6.92 Å². The summed E-state index contributed by atoms with van der Waals surface area (Å²) in [5, 5.41) is 8.17. The Balaban J connectivity index is 3.56. The van der Waals surface area contributed by atoms with Crippen molar-refractivity contribution in [2.24, 2.45) is 0 Å². The summed E-state index contributed by atoms with van der Waals surface area (Å²) in [5.41, 5.74) is 0.880. The first-order chi connectivity index (χ1) is 6.48. The molecule has 0 rings (SSSR count). The van der Waals surface area contributed by atoms with Gasteiger partial charge in [0.2, 0.25) is 10.0 Å². The van der Waals surface area contributed by atoms with E-state index < -0.39 is 15.8 Å². The second-order valence-corrected chi connectivity index (χ2v) is 4.63. The van der Waals surface area contributed by atoms with Gasteiger partial charge in [-0.1, -0.05) is 12.2 Å². The quantitative estimate of drug-likeness (QED) is 0.482. The van der Waals surface area contributed by atoms with E-state index in [1.54, 1.807) is 6.07 Å². The zero-order valence-electron chi connectivity index (χ0n) is 8.12. The third-order valence-electron chi connectivity index (χ3n) is 1.17. The van der Waals surface area contributed by atoms with Crippen LogP contribution in [0.5, 0.6) is 0 Å². The molecule has 0 aliphatic carbocycles. The summed E-state index contributed by atoms with van der Waals surface area (Å²) in [7, 11) is -3.45. The minimum absolute atomic E-state index is 0.178. The van der Waals surface area contributed by atoms with Gasteiger partial charge in [-0.3, -0.25) is 0 Å². The van der Waals surface area contributed by atoms with Crippen molar-refractivity contribution in [1.82, 2.24) is 4.72 Å². The van der Waals surface area contributed by atoms with Gasteiger partial charge < -0.3 is 4.74 Å². The summed E-state index contributed by atoms with van der Waals surface area (Å²) in [6, 6.07) is 1.56. The molecule has 0 bridgehead atoms. The van der Waals surface area contributed by atoms with E-state index >= 15 is 0 Å². The molecule has 5 nitrogen and oxygen atoms in total. The average molecular weight is 218 g/mol. The highest BCUT2D eigenvalue weighted by atomic mass is 32.2. The smallest absolute Gasteiger partial charge is 0.225 e. The first kappa shape index (κ1) is 13.1. The lowest BCUT2D eigenvalue weighted by Crippen LogP contribution is -2.29. The fourth-order valence-corrected chi connectivity index (χ4v) is 1.32. The van der Waals surface area contributed by atoms with Gasteiger partial charge >= 0.3 is 0 Å². The maximum Gasteiger partial charge on any atom is 0.225 e. The Morgan fingerprint density at radius 2 is 2.29 bits per heavy atom. The predicted molar refractivity (Wildman–Crippen MR) is 53.0 cm³/mol. The van der Waals surface area contributed by atoms with E-state index in [1.165, 1.54) is 0 Å². The van der Waals surface area contributed by atoms with Gasteiger partial charge in [-0.05, 0) is 6.92 Å². The first-order valence-corrected chi connectivity index (χ1v) is 5.69. The molecule has 0 unspecified atom stereocenters. The molecule has 0 fully saturated rings. The summed E-state index contributed by atoms with van der Waals surface area (Å²) < 4.78 is 29.1. The SMILES string of the molecule is C=C(C)COCCNS(=O)(=O)CC#N. The summed E-state index contributed by atoms with van der Waals surface area (Å²) in [4.78, 5) is 0. The lowest BCUT2D eigenvalue weighted by molar-refractivity contribution is 0.162. The summed E-state index contributed by atoms with van der Waals surface area (Å²) >= 11 is 0. The molecule has 0 aromatic heterocycles. The van der Waals surface area contributed by atoms with Crippen molar-refractivity contribution in [3.63, 3.8) is 0 Å². The van der Waals surface area contributed by atoms with Crippen molar-refractivity contribution in [3.8, 4) is 6.07 Å². The number of sulfonamides is 1. The van der Waals surface area contributed by atoms with Crippen LogP contribution < -0.4 is 4.72 Å². The van der Waals surface area contributed by atoms with Crippen LogP contribution in [0.15, 0.2) is 12.2 Å². The summed E-state index contributed by atoms with van der Waals surface area (Å²) in [6.45, 7) is 6.31. The van der Waals surface area contributed by atoms with Crippen LogP contribution in [-0.2, 0) is 14.8 Å². The highest BCUT2D eigenvalue weighted by Gasteiger charge is 2.07. The van der Waals surface area contributed by atoms with E-state index in [-0.39, 0.29) is 13.2 Å². The normalized spacial score (nSPS) is 10.9. The average Bonchev–Trinajstić information content (AvgIpc) is 2.02. The standard InChI is InChI=1S/C8H14N2O3S/c1-8(2)7-13-5-4-10-14(11,12)6-3-9/h10H,1,4-7H2,2H3. The molecule has 0 radical (unpaired) electrons. The topological polar surface area (TPSA) is 79.2 Å². The van der Waals surface area contributed by atoms with Crippen molar-refractivity contribution in [2.45, 2.75) is 6.92 Å². The summed E-state index contributed by atoms with van der Waals surface area (Å²) in [6.07, 6.45) is 0. The number of nitrogens with zero attached hydrogens (tertiary/aromatic N) is 1. The van der Waals surface area contributed by atoms with E-state index in [2.05, 4.69) is 11.3 Å². The van der Waals surface area contributed by atoms with E-state index in [0.29, 0.717) is 6.61 Å². The second-order valence-electron chi connectivity index (χ2n) is 2.82.